The van der Waals surface area contributed by atoms with Gasteiger partial charge in [-0.25, -0.2) is 4.98 Å². The fraction of sp³-hybridized carbons (Fsp3) is 0.444. The number of amides is 1. The van der Waals surface area contributed by atoms with Crippen LogP contribution in [0.15, 0.2) is 47.5 Å². The fourth-order valence-electron chi connectivity index (χ4n) is 4.98. The fourth-order valence-corrected chi connectivity index (χ4v) is 5.52. The lowest BCUT2D eigenvalue weighted by Crippen LogP contribution is -2.43. The number of carbonyl (C=O) groups excluding carboxylic acids is 1. The Bertz CT molecular complexity index is 1090. The van der Waals surface area contributed by atoms with Crippen molar-refractivity contribution < 1.29 is 9.53 Å². The predicted octanol–water partition coefficient (Wildman–Crippen LogP) is 4.60. The monoisotopic (exact) mass is 476 g/mol. The predicted molar refractivity (Wildman–Crippen MR) is 136 cm³/mol. The summed E-state index contributed by atoms with van der Waals surface area (Å²) >= 11 is 1.52. The van der Waals surface area contributed by atoms with Gasteiger partial charge in [-0.1, -0.05) is 18.2 Å². The minimum atomic E-state index is 0.0717. The Morgan fingerprint density at radius 1 is 1.21 bits per heavy atom. The lowest BCUT2D eigenvalue weighted by molar-refractivity contribution is -0.128. The highest BCUT2D eigenvalue weighted by Gasteiger charge is 2.41. The average molecular weight is 477 g/mol. The molecule has 2 aliphatic heterocycles. The Kier molecular flexibility index (Phi) is 7.91. The van der Waals surface area contributed by atoms with E-state index in [1.807, 2.05) is 60.6 Å². The maximum absolute atomic E-state index is 12.8. The minimum Gasteiger partial charge on any atom is -0.493 e. The molecular weight excluding hydrogens is 444 g/mol. The van der Waals surface area contributed by atoms with Crippen LogP contribution in [-0.4, -0.2) is 59.7 Å². The first-order valence-electron chi connectivity index (χ1n) is 11.9. The number of nitrogens with zero attached hydrogens (tertiary/aromatic N) is 4. The molecule has 0 saturated carbocycles. The summed E-state index contributed by atoms with van der Waals surface area (Å²) in [7, 11) is 0. The molecule has 1 spiro atoms. The molecule has 3 heterocycles. The van der Waals surface area contributed by atoms with Crippen molar-refractivity contribution in [1.29, 1.82) is 5.26 Å². The van der Waals surface area contributed by atoms with E-state index < -0.39 is 0 Å². The highest BCUT2D eigenvalue weighted by atomic mass is 32.2. The Labute approximate surface area is 206 Å². The normalized spacial score (nSPS) is 17.9. The zero-order valence-corrected chi connectivity index (χ0v) is 20.8. The van der Waals surface area contributed by atoms with Crippen LogP contribution in [0.1, 0.15) is 43.0 Å². The van der Waals surface area contributed by atoms with E-state index in [4.69, 9.17) is 4.74 Å². The summed E-state index contributed by atoms with van der Waals surface area (Å²) in [4.78, 5) is 21.9. The van der Waals surface area contributed by atoms with Crippen molar-refractivity contribution in [2.24, 2.45) is 5.41 Å². The van der Waals surface area contributed by atoms with E-state index >= 15 is 0 Å². The average Bonchev–Trinajstić information content (AvgIpc) is 3.25. The molecule has 0 radical (unpaired) electrons. The van der Waals surface area contributed by atoms with Gasteiger partial charge in [-0.05, 0) is 68.7 Å². The van der Waals surface area contributed by atoms with Crippen molar-refractivity contribution in [3.63, 3.8) is 0 Å². The number of carbonyl (C=O) groups is 1. The number of benzene rings is 1. The zero-order chi connectivity index (χ0) is 24.0. The maximum Gasteiger partial charge on any atom is 0.246 e. The number of hydrogen-bond donors (Lipinski definition) is 0. The third kappa shape index (κ3) is 5.63. The SMILES string of the molecule is CCOc1ccccc1/C=C/C(=O)N1CCC2(CCN(Cc3ccc(C#N)c(SC)n3)C2)CC1. The number of hydrogen-bond acceptors (Lipinski definition) is 6. The Hall–Kier alpha value is -2.82. The number of rotatable bonds is 7. The summed E-state index contributed by atoms with van der Waals surface area (Å²) < 4.78 is 5.65. The number of ether oxygens (including phenoxy) is 1. The van der Waals surface area contributed by atoms with Gasteiger partial charge < -0.3 is 9.64 Å². The molecule has 0 aliphatic carbocycles. The van der Waals surface area contributed by atoms with E-state index in [0.29, 0.717) is 12.2 Å². The molecule has 2 saturated heterocycles. The highest BCUT2D eigenvalue weighted by Crippen LogP contribution is 2.41. The lowest BCUT2D eigenvalue weighted by atomic mass is 9.78. The van der Waals surface area contributed by atoms with E-state index in [2.05, 4.69) is 16.0 Å². The second-order valence-electron chi connectivity index (χ2n) is 9.06. The first-order chi connectivity index (χ1) is 16.6. The van der Waals surface area contributed by atoms with Gasteiger partial charge in [0.15, 0.2) is 0 Å². The summed E-state index contributed by atoms with van der Waals surface area (Å²) in [6.45, 7) is 7.07. The molecule has 1 aromatic carbocycles. The van der Waals surface area contributed by atoms with Gasteiger partial charge in [0.1, 0.15) is 16.8 Å². The molecule has 0 N–H and O–H groups in total. The molecule has 0 unspecified atom stereocenters. The van der Waals surface area contributed by atoms with E-state index in [1.54, 1.807) is 6.08 Å². The van der Waals surface area contributed by atoms with Crippen LogP contribution in [0.3, 0.4) is 0 Å². The van der Waals surface area contributed by atoms with Crippen molar-refractivity contribution in [2.45, 2.75) is 37.8 Å². The van der Waals surface area contributed by atoms with Crippen LogP contribution in [-0.2, 0) is 11.3 Å². The summed E-state index contributed by atoms with van der Waals surface area (Å²) in [5, 5.41) is 10.0. The number of likely N-dealkylation sites (tertiary alicyclic amines) is 2. The molecule has 6 nitrogen and oxygen atoms in total. The zero-order valence-electron chi connectivity index (χ0n) is 20.0. The van der Waals surface area contributed by atoms with Gasteiger partial charge in [0.05, 0.1) is 17.9 Å². The van der Waals surface area contributed by atoms with Gasteiger partial charge in [0, 0.05) is 37.8 Å². The van der Waals surface area contributed by atoms with Crippen LogP contribution in [0.2, 0.25) is 0 Å². The summed E-state index contributed by atoms with van der Waals surface area (Å²) in [6.07, 6.45) is 8.74. The second-order valence-corrected chi connectivity index (χ2v) is 9.86. The number of piperidine rings is 1. The van der Waals surface area contributed by atoms with E-state index in [0.717, 1.165) is 74.0 Å². The van der Waals surface area contributed by atoms with Gasteiger partial charge in [-0.15, -0.1) is 11.8 Å². The summed E-state index contributed by atoms with van der Waals surface area (Å²) in [5.74, 6) is 0.876. The minimum absolute atomic E-state index is 0.0717. The Morgan fingerprint density at radius 2 is 1.97 bits per heavy atom. The van der Waals surface area contributed by atoms with Gasteiger partial charge in [0.25, 0.3) is 0 Å². The molecule has 178 valence electrons. The number of para-hydroxylation sites is 1. The van der Waals surface area contributed by atoms with Gasteiger partial charge >= 0.3 is 0 Å². The molecule has 1 aromatic heterocycles. The first-order valence-corrected chi connectivity index (χ1v) is 13.1. The highest BCUT2D eigenvalue weighted by molar-refractivity contribution is 7.98. The van der Waals surface area contributed by atoms with Crippen LogP contribution in [0.25, 0.3) is 6.08 Å². The van der Waals surface area contributed by atoms with E-state index in [-0.39, 0.29) is 11.3 Å². The standard InChI is InChI=1S/C27H32N4O2S/c1-3-33-24-7-5-4-6-21(24)9-11-25(32)31-16-13-27(14-17-31)12-15-30(20-27)19-23-10-8-22(18-28)26(29-23)34-2/h4-11H,3,12-17,19-20H2,1-2H3/b11-9+. The number of thioether (sulfide) groups is 1. The van der Waals surface area contributed by atoms with Gasteiger partial charge in [-0.2, -0.15) is 5.26 Å². The van der Waals surface area contributed by atoms with Crippen LogP contribution in [0.5, 0.6) is 5.75 Å². The second kappa shape index (κ2) is 11.1. The van der Waals surface area contributed by atoms with Crippen molar-refractivity contribution in [3.05, 3.63) is 59.3 Å². The maximum atomic E-state index is 12.8. The van der Waals surface area contributed by atoms with Crippen molar-refractivity contribution in [3.8, 4) is 11.8 Å². The number of nitriles is 1. The molecule has 0 bridgehead atoms. The molecule has 2 aromatic rings. The molecule has 2 aliphatic rings. The summed E-state index contributed by atoms with van der Waals surface area (Å²) in [6, 6.07) is 13.9. The van der Waals surface area contributed by atoms with Crippen molar-refractivity contribution in [1.82, 2.24) is 14.8 Å². The third-order valence-electron chi connectivity index (χ3n) is 6.89. The molecule has 2 fully saturated rings. The van der Waals surface area contributed by atoms with Crippen LogP contribution in [0, 0.1) is 16.7 Å². The Morgan fingerprint density at radius 3 is 2.71 bits per heavy atom. The van der Waals surface area contributed by atoms with Gasteiger partial charge in [0.2, 0.25) is 5.91 Å². The van der Waals surface area contributed by atoms with Crippen molar-refractivity contribution >= 4 is 23.7 Å². The van der Waals surface area contributed by atoms with Crippen molar-refractivity contribution in [2.75, 3.05) is 39.0 Å². The van der Waals surface area contributed by atoms with E-state index in [9.17, 15) is 10.1 Å². The Balaban J connectivity index is 1.31. The lowest BCUT2D eigenvalue weighted by Gasteiger charge is -2.39. The molecule has 7 heteroatoms. The third-order valence-corrected chi connectivity index (χ3v) is 7.59. The largest absolute Gasteiger partial charge is 0.493 e. The molecule has 4 rings (SSSR count). The summed E-state index contributed by atoms with van der Waals surface area (Å²) in [5.41, 5.74) is 2.88. The smallest absolute Gasteiger partial charge is 0.246 e. The topological polar surface area (TPSA) is 69.5 Å². The quantitative estimate of drug-likeness (QED) is 0.430. The van der Waals surface area contributed by atoms with E-state index in [1.165, 1.54) is 11.8 Å². The van der Waals surface area contributed by atoms with Gasteiger partial charge in [-0.3, -0.25) is 9.69 Å². The van der Waals surface area contributed by atoms with Crippen LogP contribution >= 0.6 is 11.8 Å². The molecule has 34 heavy (non-hydrogen) atoms. The molecule has 1 amide bonds. The van der Waals surface area contributed by atoms with Crippen LogP contribution < -0.4 is 4.74 Å². The van der Waals surface area contributed by atoms with Crippen LogP contribution in [0.4, 0.5) is 0 Å². The molecular formula is C27H32N4O2S. The number of aromatic nitrogens is 1. The number of pyridine rings is 1. The molecule has 0 atom stereocenters. The first kappa shape index (κ1) is 24.3.